The smallest absolute Gasteiger partial charge is 0.132 e. The van der Waals surface area contributed by atoms with Crippen LogP contribution in [0.4, 0.5) is 10.2 Å². The Morgan fingerprint density at radius 1 is 1.26 bits per heavy atom. The topological polar surface area (TPSA) is 37.8 Å². The largest absolute Gasteiger partial charge is 0.366 e. The summed E-state index contributed by atoms with van der Waals surface area (Å²) in [5.74, 6) is 1.32. The summed E-state index contributed by atoms with van der Waals surface area (Å²) < 4.78 is 13.8. The predicted molar refractivity (Wildman–Crippen MR) is 77.5 cm³/mol. The van der Waals surface area contributed by atoms with Gasteiger partial charge in [0.2, 0.25) is 0 Å². The van der Waals surface area contributed by atoms with Crippen molar-refractivity contribution in [2.45, 2.75) is 26.3 Å². The number of nitrogens with zero attached hydrogens (tertiary/aromatic N) is 2. The van der Waals surface area contributed by atoms with Crippen LogP contribution in [0.25, 0.3) is 0 Å². The molecule has 0 atom stereocenters. The molecule has 1 aromatic heterocycles. The molecule has 100 valence electrons. The molecule has 5 heteroatoms. The lowest BCUT2D eigenvalue weighted by atomic mass is 10.2. The van der Waals surface area contributed by atoms with Crippen LogP contribution in [0.5, 0.6) is 0 Å². The van der Waals surface area contributed by atoms with Crippen LogP contribution in [0.2, 0.25) is 0 Å². The molecule has 0 amide bonds. The van der Waals surface area contributed by atoms with Crippen molar-refractivity contribution < 1.29 is 4.39 Å². The van der Waals surface area contributed by atoms with Crippen molar-refractivity contribution in [2.24, 2.45) is 0 Å². The molecule has 2 aromatic rings. The maximum Gasteiger partial charge on any atom is 0.132 e. The maximum atomic E-state index is 13.1. The van der Waals surface area contributed by atoms with Gasteiger partial charge in [0.25, 0.3) is 0 Å². The second-order valence-corrected chi connectivity index (χ2v) is 5.04. The number of benzene rings is 1. The Balaban J connectivity index is 2.06. The van der Waals surface area contributed by atoms with Crippen molar-refractivity contribution in [1.29, 1.82) is 0 Å². The summed E-state index contributed by atoms with van der Waals surface area (Å²) in [6, 6.07) is 8.34. The van der Waals surface area contributed by atoms with Crippen LogP contribution in [0.15, 0.2) is 34.9 Å². The lowest BCUT2D eigenvalue weighted by Gasteiger charge is -2.08. The van der Waals surface area contributed by atoms with Gasteiger partial charge in [0.15, 0.2) is 0 Å². The second-order valence-electron chi connectivity index (χ2n) is 4.23. The first-order valence-corrected chi connectivity index (χ1v) is 6.98. The van der Waals surface area contributed by atoms with Gasteiger partial charge in [-0.25, -0.2) is 14.4 Å². The van der Waals surface area contributed by atoms with Gasteiger partial charge in [-0.05, 0) is 40.0 Å². The number of hydrogen-bond donors (Lipinski definition) is 1. The van der Waals surface area contributed by atoms with Gasteiger partial charge in [-0.3, -0.25) is 0 Å². The van der Waals surface area contributed by atoms with Crippen molar-refractivity contribution in [1.82, 2.24) is 9.97 Å². The van der Waals surface area contributed by atoms with E-state index in [0.717, 1.165) is 34.7 Å². The molecule has 0 spiro atoms. The fourth-order valence-corrected chi connectivity index (χ4v) is 2.15. The molecular formula is C14H15BrFN3. The highest BCUT2D eigenvalue weighted by Gasteiger charge is 2.03. The van der Waals surface area contributed by atoms with Gasteiger partial charge in [-0.15, -0.1) is 0 Å². The summed E-state index contributed by atoms with van der Waals surface area (Å²) in [6.07, 6.45) is 1.84. The average molecular weight is 324 g/mol. The number of anilines is 1. The molecule has 0 unspecified atom stereocenters. The third-order valence-electron chi connectivity index (χ3n) is 2.58. The van der Waals surface area contributed by atoms with E-state index in [1.807, 2.05) is 12.1 Å². The Morgan fingerprint density at radius 2 is 2.11 bits per heavy atom. The average Bonchev–Trinajstić information content (AvgIpc) is 2.36. The van der Waals surface area contributed by atoms with E-state index in [9.17, 15) is 4.39 Å². The fourth-order valence-electron chi connectivity index (χ4n) is 1.73. The summed E-state index contributed by atoms with van der Waals surface area (Å²) >= 11 is 3.37. The van der Waals surface area contributed by atoms with E-state index in [4.69, 9.17) is 0 Å². The van der Waals surface area contributed by atoms with Gasteiger partial charge >= 0.3 is 0 Å². The highest BCUT2D eigenvalue weighted by atomic mass is 79.9. The Morgan fingerprint density at radius 3 is 2.84 bits per heavy atom. The molecule has 3 nitrogen and oxygen atoms in total. The minimum atomic E-state index is -0.227. The standard InChI is InChI=1S/C14H15BrFN3/c1-2-4-13-18-12(15)8-14(19-13)17-9-10-5-3-6-11(16)7-10/h3,5-8H,2,4,9H2,1H3,(H,17,18,19). The molecule has 0 saturated heterocycles. The van der Waals surface area contributed by atoms with Crippen LogP contribution in [0, 0.1) is 5.82 Å². The van der Waals surface area contributed by atoms with Crippen molar-refractivity contribution >= 4 is 21.7 Å². The van der Waals surface area contributed by atoms with E-state index in [1.165, 1.54) is 12.1 Å². The first-order chi connectivity index (χ1) is 9.17. The molecule has 0 radical (unpaired) electrons. The molecule has 19 heavy (non-hydrogen) atoms. The van der Waals surface area contributed by atoms with Crippen LogP contribution in [0.1, 0.15) is 24.7 Å². The fraction of sp³-hybridized carbons (Fsp3) is 0.286. The van der Waals surface area contributed by atoms with Gasteiger partial charge in [0.1, 0.15) is 22.1 Å². The number of aryl methyl sites for hydroxylation is 1. The molecule has 1 aromatic carbocycles. The Kier molecular flexibility index (Phi) is 4.85. The van der Waals surface area contributed by atoms with Crippen LogP contribution in [-0.4, -0.2) is 9.97 Å². The first-order valence-electron chi connectivity index (χ1n) is 6.19. The minimum Gasteiger partial charge on any atom is -0.366 e. The maximum absolute atomic E-state index is 13.1. The Bertz CT molecular complexity index is 560. The number of halogens is 2. The summed E-state index contributed by atoms with van der Waals surface area (Å²) in [6.45, 7) is 2.62. The first kappa shape index (κ1) is 13.9. The third-order valence-corrected chi connectivity index (χ3v) is 2.98. The summed E-state index contributed by atoms with van der Waals surface area (Å²) in [5.41, 5.74) is 0.881. The minimum absolute atomic E-state index is 0.227. The number of rotatable bonds is 5. The van der Waals surface area contributed by atoms with E-state index in [2.05, 4.69) is 38.1 Å². The van der Waals surface area contributed by atoms with Gasteiger partial charge in [-0.2, -0.15) is 0 Å². The van der Waals surface area contributed by atoms with E-state index < -0.39 is 0 Å². The summed E-state index contributed by atoms with van der Waals surface area (Å²) in [5, 5.41) is 3.18. The SMILES string of the molecule is CCCc1nc(Br)cc(NCc2cccc(F)c2)n1. The Labute approximate surface area is 120 Å². The zero-order chi connectivity index (χ0) is 13.7. The molecule has 0 fully saturated rings. The molecule has 0 aliphatic heterocycles. The summed E-state index contributed by atoms with van der Waals surface area (Å²) in [7, 11) is 0. The molecular weight excluding hydrogens is 309 g/mol. The van der Waals surface area contributed by atoms with Gasteiger partial charge in [0.05, 0.1) is 0 Å². The van der Waals surface area contributed by atoms with Gasteiger partial charge in [0, 0.05) is 19.0 Å². The molecule has 0 bridgehead atoms. The van der Waals surface area contributed by atoms with E-state index in [-0.39, 0.29) is 5.82 Å². The zero-order valence-corrected chi connectivity index (χ0v) is 12.2. The normalized spacial score (nSPS) is 10.5. The molecule has 1 N–H and O–H groups in total. The van der Waals surface area contributed by atoms with Crippen LogP contribution in [-0.2, 0) is 13.0 Å². The molecule has 1 heterocycles. The van der Waals surface area contributed by atoms with Crippen molar-refractivity contribution in [2.75, 3.05) is 5.32 Å². The van der Waals surface area contributed by atoms with Crippen molar-refractivity contribution in [3.05, 3.63) is 52.1 Å². The lowest BCUT2D eigenvalue weighted by Crippen LogP contribution is -2.05. The van der Waals surface area contributed by atoms with Crippen LogP contribution in [0.3, 0.4) is 0 Å². The van der Waals surface area contributed by atoms with Crippen molar-refractivity contribution in [3.8, 4) is 0 Å². The van der Waals surface area contributed by atoms with E-state index >= 15 is 0 Å². The summed E-state index contributed by atoms with van der Waals surface area (Å²) in [4.78, 5) is 8.71. The van der Waals surface area contributed by atoms with Gasteiger partial charge < -0.3 is 5.32 Å². The number of hydrogen-bond acceptors (Lipinski definition) is 3. The highest BCUT2D eigenvalue weighted by Crippen LogP contribution is 2.14. The van der Waals surface area contributed by atoms with E-state index in [0.29, 0.717) is 6.54 Å². The van der Waals surface area contributed by atoms with Crippen molar-refractivity contribution in [3.63, 3.8) is 0 Å². The number of aromatic nitrogens is 2. The van der Waals surface area contributed by atoms with Crippen LogP contribution < -0.4 is 5.32 Å². The van der Waals surface area contributed by atoms with Crippen LogP contribution >= 0.6 is 15.9 Å². The molecule has 2 rings (SSSR count). The molecule has 0 saturated carbocycles. The van der Waals surface area contributed by atoms with E-state index in [1.54, 1.807) is 6.07 Å². The Hall–Kier alpha value is -1.49. The monoisotopic (exact) mass is 323 g/mol. The second kappa shape index (κ2) is 6.61. The zero-order valence-electron chi connectivity index (χ0n) is 10.7. The molecule has 0 aliphatic carbocycles. The quantitative estimate of drug-likeness (QED) is 0.847. The predicted octanol–water partition coefficient (Wildman–Crippen LogP) is 3.94. The number of nitrogens with one attached hydrogen (secondary N) is 1. The third kappa shape index (κ3) is 4.28. The lowest BCUT2D eigenvalue weighted by molar-refractivity contribution is 0.626. The van der Waals surface area contributed by atoms with Gasteiger partial charge in [-0.1, -0.05) is 19.1 Å². The highest BCUT2D eigenvalue weighted by molar-refractivity contribution is 9.10. The molecule has 0 aliphatic rings.